The van der Waals surface area contributed by atoms with Gasteiger partial charge in [-0.25, -0.2) is 0 Å². The Bertz CT molecular complexity index is 505. The molecule has 90 valence electrons. The monoisotopic (exact) mass is 244 g/mol. The first-order valence-electron chi connectivity index (χ1n) is 4.62. The molecule has 0 amide bonds. The molecule has 0 unspecified atom stereocenters. The van der Waals surface area contributed by atoms with E-state index >= 15 is 0 Å². The number of hydrogen-bond donors (Lipinski definition) is 1. The van der Waals surface area contributed by atoms with Crippen LogP contribution >= 0.6 is 0 Å². The largest absolute Gasteiger partial charge is 0.416 e. The number of benzene rings is 1. The van der Waals surface area contributed by atoms with Gasteiger partial charge in [-0.1, -0.05) is 17.3 Å². The van der Waals surface area contributed by atoms with Crippen LogP contribution in [0.5, 0.6) is 0 Å². The van der Waals surface area contributed by atoms with Gasteiger partial charge in [-0.2, -0.15) is 18.2 Å². The van der Waals surface area contributed by atoms with Crippen LogP contribution in [0.3, 0.4) is 0 Å². The van der Waals surface area contributed by atoms with Gasteiger partial charge in [0.05, 0.1) is 5.56 Å². The summed E-state index contributed by atoms with van der Waals surface area (Å²) in [6.45, 7) is -0.409. The van der Waals surface area contributed by atoms with E-state index in [0.717, 1.165) is 12.1 Å². The first-order valence-corrected chi connectivity index (χ1v) is 4.62. The Morgan fingerprint density at radius 3 is 2.29 bits per heavy atom. The van der Waals surface area contributed by atoms with E-state index in [2.05, 4.69) is 14.7 Å². The molecule has 0 saturated heterocycles. The molecule has 0 bridgehead atoms. The van der Waals surface area contributed by atoms with E-state index in [0.29, 0.717) is 5.56 Å². The molecule has 0 fully saturated rings. The maximum Gasteiger partial charge on any atom is 0.416 e. The van der Waals surface area contributed by atoms with Crippen LogP contribution in [-0.2, 0) is 12.8 Å². The minimum Gasteiger partial charge on any atom is -0.387 e. The highest BCUT2D eigenvalue weighted by Crippen LogP contribution is 2.30. The molecule has 2 rings (SSSR count). The van der Waals surface area contributed by atoms with Crippen LogP contribution in [0, 0.1) is 0 Å². The predicted molar refractivity (Wildman–Crippen MR) is 50.7 cm³/mol. The molecule has 1 aromatic heterocycles. The molecule has 4 nitrogen and oxygen atoms in total. The molecule has 0 saturated carbocycles. The van der Waals surface area contributed by atoms with E-state index in [4.69, 9.17) is 5.11 Å². The fourth-order valence-electron chi connectivity index (χ4n) is 1.24. The Kier molecular flexibility index (Phi) is 2.84. The summed E-state index contributed by atoms with van der Waals surface area (Å²) >= 11 is 0. The molecule has 0 aliphatic rings. The van der Waals surface area contributed by atoms with Crippen LogP contribution < -0.4 is 0 Å². The summed E-state index contributed by atoms with van der Waals surface area (Å²) in [6, 6.07) is 4.36. The molecule has 1 aromatic carbocycles. The molecule has 1 heterocycles. The van der Waals surface area contributed by atoms with Gasteiger partial charge < -0.3 is 9.63 Å². The van der Waals surface area contributed by atoms with Crippen molar-refractivity contribution >= 4 is 0 Å². The predicted octanol–water partition coefficient (Wildman–Crippen LogP) is 2.25. The second-order valence-corrected chi connectivity index (χ2v) is 3.24. The molecule has 0 atom stereocenters. The van der Waals surface area contributed by atoms with Crippen molar-refractivity contribution in [2.75, 3.05) is 0 Å². The minimum atomic E-state index is -4.37. The van der Waals surface area contributed by atoms with E-state index in [1.807, 2.05) is 0 Å². The third-order valence-corrected chi connectivity index (χ3v) is 2.07. The number of aromatic nitrogens is 2. The van der Waals surface area contributed by atoms with E-state index in [9.17, 15) is 13.2 Å². The van der Waals surface area contributed by atoms with Crippen LogP contribution in [-0.4, -0.2) is 15.2 Å². The summed E-state index contributed by atoms with van der Waals surface area (Å²) in [7, 11) is 0. The zero-order valence-electron chi connectivity index (χ0n) is 8.40. The van der Waals surface area contributed by atoms with Crippen LogP contribution in [0.25, 0.3) is 11.4 Å². The van der Waals surface area contributed by atoms with Crippen LogP contribution in [0.1, 0.15) is 11.5 Å². The fraction of sp³-hybridized carbons (Fsp3) is 0.200. The normalized spacial score (nSPS) is 11.8. The fourth-order valence-corrected chi connectivity index (χ4v) is 1.24. The van der Waals surface area contributed by atoms with Crippen molar-refractivity contribution < 1.29 is 22.8 Å². The third kappa shape index (κ3) is 2.44. The number of rotatable bonds is 2. The van der Waals surface area contributed by atoms with Crippen molar-refractivity contribution in [3.05, 3.63) is 35.7 Å². The average Bonchev–Trinajstić information content (AvgIpc) is 2.76. The summed E-state index contributed by atoms with van der Waals surface area (Å²) in [6.07, 6.45) is -4.37. The zero-order chi connectivity index (χ0) is 12.5. The van der Waals surface area contributed by atoms with Crippen LogP contribution in [0.15, 0.2) is 28.8 Å². The molecule has 0 aliphatic heterocycles. The van der Waals surface area contributed by atoms with E-state index < -0.39 is 18.3 Å². The zero-order valence-corrected chi connectivity index (χ0v) is 8.40. The SMILES string of the molecule is OCc1nc(-c2ccc(C(F)(F)F)cc2)no1. The Hall–Kier alpha value is -1.89. The van der Waals surface area contributed by atoms with Crippen LogP contribution in [0.4, 0.5) is 13.2 Å². The number of nitrogens with zero attached hydrogens (tertiary/aromatic N) is 2. The highest BCUT2D eigenvalue weighted by atomic mass is 19.4. The van der Waals surface area contributed by atoms with Crippen molar-refractivity contribution in [2.45, 2.75) is 12.8 Å². The highest BCUT2D eigenvalue weighted by molar-refractivity contribution is 5.54. The second-order valence-electron chi connectivity index (χ2n) is 3.24. The molecular weight excluding hydrogens is 237 g/mol. The van der Waals surface area contributed by atoms with E-state index in [1.54, 1.807) is 0 Å². The molecule has 17 heavy (non-hydrogen) atoms. The van der Waals surface area contributed by atoms with E-state index in [-0.39, 0.29) is 11.7 Å². The Labute approximate surface area is 93.7 Å². The van der Waals surface area contributed by atoms with Gasteiger partial charge in [0.25, 0.3) is 5.89 Å². The first kappa shape index (κ1) is 11.6. The summed E-state index contributed by atoms with van der Waals surface area (Å²) in [4.78, 5) is 3.78. The summed E-state index contributed by atoms with van der Waals surface area (Å²) < 4.78 is 41.5. The topological polar surface area (TPSA) is 59.2 Å². The highest BCUT2D eigenvalue weighted by Gasteiger charge is 2.30. The maximum atomic E-state index is 12.3. The van der Waals surface area contributed by atoms with Gasteiger partial charge >= 0.3 is 6.18 Å². The summed E-state index contributed by atoms with van der Waals surface area (Å²) in [5.41, 5.74) is -0.353. The first-order chi connectivity index (χ1) is 8.00. The summed E-state index contributed by atoms with van der Waals surface area (Å²) in [5.74, 6) is 0.155. The smallest absolute Gasteiger partial charge is 0.387 e. The lowest BCUT2D eigenvalue weighted by atomic mass is 10.1. The average molecular weight is 244 g/mol. The van der Waals surface area contributed by atoms with Crippen LogP contribution in [0.2, 0.25) is 0 Å². The van der Waals surface area contributed by atoms with E-state index in [1.165, 1.54) is 12.1 Å². The van der Waals surface area contributed by atoms with Gasteiger partial charge in [0.1, 0.15) is 6.61 Å². The Morgan fingerprint density at radius 1 is 1.18 bits per heavy atom. The van der Waals surface area contributed by atoms with Gasteiger partial charge in [0.2, 0.25) is 5.82 Å². The minimum absolute atomic E-state index is 0.0138. The van der Waals surface area contributed by atoms with Gasteiger partial charge in [-0.3, -0.25) is 0 Å². The summed E-state index contributed by atoms with van der Waals surface area (Å²) in [5, 5.41) is 12.2. The van der Waals surface area contributed by atoms with Crippen molar-refractivity contribution in [1.82, 2.24) is 10.1 Å². The van der Waals surface area contributed by atoms with Gasteiger partial charge in [-0.15, -0.1) is 0 Å². The molecule has 0 spiro atoms. The Balaban J connectivity index is 2.29. The Morgan fingerprint density at radius 2 is 1.82 bits per heavy atom. The number of halogens is 3. The molecule has 0 aliphatic carbocycles. The molecular formula is C10H7F3N2O2. The molecule has 0 radical (unpaired) electrons. The number of hydrogen-bond acceptors (Lipinski definition) is 4. The lowest BCUT2D eigenvalue weighted by molar-refractivity contribution is -0.137. The maximum absolute atomic E-state index is 12.3. The second kappa shape index (κ2) is 4.17. The molecule has 2 aromatic rings. The third-order valence-electron chi connectivity index (χ3n) is 2.07. The molecule has 1 N–H and O–H groups in total. The van der Waals surface area contributed by atoms with Gasteiger partial charge in [-0.05, 0) is 12.1 Å². The van der Waals surface area contributed by atoms with Crippen molar-refractivity contribution in [3.8, 4) is 11.4 Å². The van der Waals surface area contributed by atoms with Crippen molar-refractivity contribution in [3.63, 3.8) is 0 Å². The van der Waals surface area contributed by atoms with Gasteiger partial charge in [0.15, 0.2) is 0 Å². The van der Waals surface area contributed by atoms with Crippen molar-refractivity contribution in [2.24, 2.45) is 0 Å². The quantitative estimate of drug-likeness (QED) is 0.880. The number of alkyl halides is 3. The standard InChI is InChI=1S/C10H7F3N2O2/c11-10(12,13)7-3-1-6(2-4-7)9-14-8(5-16)17-15-9/h1-4,16H,5H2. The molecule has 7 heteroatoms. The number of aliphatic hydroxyl groups excluding tert-OH is 1. The van der Waals surface area contributed by atoms with Crippen molar-refractivity contribution in [1.29, 1.82) is 0 Å². The van der Waals surface area contributed by atoms with Gasteiger partial charge in [0, 0.05) is 5.56 Å². The lowest BCUT2D eigenvalue weighted by Gasteiger charge is -2.05. The number of aliphatic hydroxyl groups is 1. The lowest BCUT2D eigenvalue weighted by Crippen LogP contribution is -2.04.